The van der Waals surface area contributed by atoms with E-state index in [0.717, 1.165) is 26.2 Å². The highest BCUT2D eigenvalue weighted by Crippen LogP contribution is 2.23. The Kier molecular flexibility index (Phi) is 4.28. The van der Waals surface area contributed by atoms with E-state index in [1.54, 1.807) is 12.1 Å². The highest BCUT2D eigenvalue weighted by Gasteiger charge is 2.31. The minimum Gasteiger partial charge on any atom is -0.336 e. The van der Waals surface area contributed by atoms with Crippen molar-refractivity contribution in [2.24, 2.45) is 5.84 Å². The Morgan fingerprint density at radius 3 is 3.00 bits per heavy atom. The molecule has 0 aliphatic carbocycles. The van der Waals surface area contributed by atoms with Crippen molar-refractivity contribution in [2.75, 3.05) is 31.6 Å². The van der Waals surface area contributed by atoms with Crippen LogP contribution in [-0.2, 0) is 0 Å². The summed E-state index contributed by atoms with van der Waals surface area (Å²) in [4.78, 5) is 21.1. The molecule has 6 nitrogen and oxygen atoms in total. The zero-order valence-corrected chi connectivity index (χ0v) is 12.6. The molecule has 2 saturated heterocycles. The molecule has 2 aliphatic heterocycles. The quantitative estimate of drug-likeness (QED) is 0.490. The first-order valence-corrected chi connectivity index (χ1v) is 7.72. The number of carbonyl (C=O) groups is 1. The summed E-state index contributed by atoms with van der Waals surface area (Å²) in [5.74, 6) is 5.76. The molecule has 7 heteroatoms. The Bertz CT molecular complexity index is 538. The maximum absolute atomic E-state index is 12.6. The largest absolute Gasteiger partial charge is 0.336 e. The molecule has 114 valence electrons. The zero-order valence-electron chi connectivity index (χ0n) is 11.9. The predicted molar refractivity (Wildman–Crippen MR) is 82.2 cm³/mol. The third kappa shape index (κ3) is 3.12. The Balaban J connectivity index is 1.74. The molecule has 2 aliphatic rings. The van der Waals surface area contributed by atoms with Gasteiger partial charge in [-0.3, -0.25) is 9.69 Å². The van der Waals surface area contributed by atoms with Gasteiger partial charge in [-0.25, -0.2) is 10.8 Å². The summed E-state index contributed by atoms with van der Waals surface area (Å²) in [5.41, 5.74) is 2.97. The van der Waals surface area contributed by atoms with Crippen molar-refractivity contribution in [3.05, 3.63) is 22.8 Å². The zero-order chi connectivity index (χ0) is 14.8. The number of anilines is 1. The third-order valence-corrected chi connectivity index (χ3v) is 4.51. The highest BCUT2D eigenvalue weighted by atomic mass is 35.5. The minimum absolute atomic E-state index is 0.000948. The van der Waals surface area contributed by atoms with Crippen LogP contribution in [0.5, 0.6) is 0 Å². The Morgan fingerprint density at radius 2 is 2.19 bits per heavy atom. The normalized spacial score (nSPS) is 22.8. The Labute approximate surface area is 129 Å². The van der Waals surface area contributed by atoms with Crippen LogP contribution in [0, 0.1) is 0 Å². The molecule has 0 radical (unpaired) electrons. The molecule has 1 atom stereocenters. The number of hydrogen-bond donors (Lipinski definition) is 2. The molecule has 1 aromatic heterocycles. The Morgan fingerprint density at radius 1 is 1.33 bits per heavy atom. The lowest BCUT2D eigenvalue weighted by Crippen LogP contribution is -2.56. The van der Waals surface area contributed by atoms with Crippen LogP contribution in [0.3, 0.4) is 0 Å². The highest BCUT2D eigenvalue weighted by molar-refractivity contribution is 6.29. The SMILES string of the molecule is NNc1cc(C(=O)N2CCN3CCCCC3C2)cc(Cl)n1. The average molecular weight is 310 g/mol. The van der Waals surface area contributed by atoms with Crippen LogP contribution in [-0.4, -0.2) is 52.9 Å². The summed E-state index contributed by atoms with van der Waals surface area (Å²) in [5, 5.41) is 0.269. The summed E-state index contributed by atoms with van der Waals surface area (Å²) in [6.07, 6.45) is 3.71. The molecule has 3 N–H and O–H groups in total. The van der Waals surface area contributed by atoms with Crippen LogP contribution >= 0.6 is 11.6 Å². The van der Waals surface area contributed by atoms with Gasteiger partial charge in [-0.1, -0.05) is 18.0 Å². The first-order chi connectivity index (χ1) is 10.2. The molecule has 3 heterocycles. The number of nitrogens with two attached hydrogens (primary N) is 1. The van der Waals surface area contributed by atoms with E-state index in [9.17, 15) is 4.79 Å². The number of hydrazine groups is 1. The predicted octanol–water partition coefficient (Wildman–Crippen LogP) is 1.33. The van der Waals surface area contributed by atoms with Gasteiger partial charge in [0, 0.05) is 31.2 Å². The summed E-state index contributed by atoms with van der Waals surface area (Å²) < 4.78 is 0. The number of carbonyl (C=O) groups excluding carboxylic acids is 1. The van der Waals surface area contributed by atoms with Crippen LogP contribution in [0.1, 0.15) is 29.6 Å². The molecule has 0 aromatic carbocycles. The lowest BCUT2D eigenvalue weighted by Gasteiger charge is -2.44. The maximum atomic E-state index is 12.6. The molecule has 21 heavy (non-hydrogen) atoms. The second kappa shape index (κ2) is 6.17. The van der Waals surface area contributed by atoms with E-state index in [0.29, 0.717) is 17.4 Å². The van der Waals surface area contributed by atoms with Crippen molar-refractivity contribution in [1.29, 1.82) is 0 Å². The van der Waals surface area contributed by atoms with Gasteiger partial charge in [-0.05, 0) is 31.5 Å². The van der Waals surface area contributed by atoms with Gasteiger partial charge in [-0.15, -0.1) is 0 Å². The van der Waals surface area contributed by atoms with Crippen LogP contribution in [0.4, 0.5) is 5.82 Å². The lowest BCUT2D eigenvalue weighted by atomic mass is 9.99. The van der Waals surface area contributed by atoms with Crippen molar-refractivity contribution in [2.45, 2.75) is 25.3 Å². The van der Waals surface area contributed by atoms with Gasteiger partial charge in [0.1, 0.15) is 11.0 Å². The molecule has 0 saturated carbocycles. The number of nitrogens with zero attached hydrogens (tertiary/aromatic N) is 3. The summed E-state index contributed by atoms with van der Waals surface area (Å²) in [6, 6.07) is 3.74. The standard InChI is InChI=1S/C14H20ClN5O/c15-12-7-10(8-13(17-12)18-16)14(21)20-6-5-19-4-2-1-3-11(19)9-20/h7-8,11H,1-6,9,16H2,(H,17,18). The average Bonchev–Trinajstić information content (AvgIpc) is 2.53. The summed E-state index contributed by atoms with van der Waals surface area (Å²) >= 11 is 5.94. The second-order valence-electron chi connectivity index (χ2n) is 5.64. The molecule has 1 aromatic rings. The first-order valence-electron chi connectivity index (χ1n) is 7.35. The fraction of sp³-hybridized carbons (Fsp3) is 0.571. The van der Waals surface area contributed by atoms with Gasteiger partial charge in [0.2, 0.25) is 0 Å². The number of amides is 1. The van der Waals surface area contributed by atoms with Gasteiger partial charge < -0.3 is 10.3 Å². The van der Waals surface area contributed by atoms with Gasteiger partial charge in [0.05, 0.1) is 0 Å². The van der Waals surface area contributed by atoms with Crippen molar-refractivity contribution in [3.8, 4) is 0 Å². The molecular weight excluding hydrogens is 290 g/mol. The summed E-state index contributed by atoms with van der Waals surface area (Å²) in [7, 11) is 0. The third-order valence-electron chi connectivity index (χ3n) is 4.31. The van der Waals surface area contributed by atoms with Crippen molar-refractivity contribution in [3.63, 3.8) is 0 Å². The van der Waals surface area contributed by atoms with E-state index >= 15 is 0 Å². The number of rotatable bonds is 2. The fourth-order valence-corrected chi connectivity index (χ4v) is 3.43. The molecular formula is C14H20ClN5O. The van der Waals surface area contributed by atoms with E-state index in [1.807, 2.05) is 4.90 Å². The van der Waals surface area contributed by atoms with Crippen molar-refractivity contribution in [1.82, 2.24) is 14.8 Å². The molecule has 1 unspecified atom stereocenters. The van der Waals surface area contributed by atoms with Crippen LogP contribution < -0.4 is 11.3 Å². The van der Waals surface area contributed by atoms with Gasteiger partial charge in [-0.2, -0.15) is 0 Å². The smallest absolute Gasteiger partial charge is 0.254 e. The van der Waals surface area contributed by atoms with E-state index < -0.39 is 0 Å². The number of nitrogens with one attached hydrogen (secondary N) is 1. The number of pyridine rings is 1. The minimum atomic E-state index is 0.000948. The number of fused-ring (bicyclic) bond motifs is 1. The summed E-state index contributed by atoms with van der Waals surface area (Å²) in [6.45, 7) is 3.68. The first kappa shape index (κ1) is 14.6. The number of halogens is 1. The number of aromatic nitrogens is 1. The second-order valence-corrected chi connectivity index (χ2v) is 6.03. The van der Waals surface area contributed by atoms with Crippen molar-refractivity contribution < 1.29 is 4.79 Å². The Hall–Kier alpha value is -1.37. The molecule has 0 bridgehead atoms. The monoisotopic (exact) mass is 309 g/mol. The van der Waals surface area contributed by atoms with Gasteiger partial charge >= 0.3 is 0 Å². The number of hydrogen-bond acceptors (Lipinski definition) is 5. The maximum Gasteiger partial charge on any atom is 0.254 e. The van der Waals surface area contributed by atoms with E-state index in [4.69, 9.17) is 17.4 Å². The van der Waals surface area contributed by atoms with Crippen LogP contribution in [0.25, 0.3) is 0 Å². The van der Waals surface area contributed by atoms with Crippen LogP contribution in [0.15, 0.2) is 12.1 Å². The van der Waals surface area contributed by atoms with Gasteiger partial charge in [0.15, 0.2) is 0 Å². The van der Waals surface area contributed by atoms with Crippen LogP contribution in [0.2, 0.25) is 5.15 Å². The molecule has 1 amide bonds. The molecule has 3 rings (SSSR count). The number of piperazine rings is 1. The molecule has 2 fully saturated rings. The molecule has 0 spiro atoms. The topological polar surface area (TPSA) is 74.5 Å². The van der Waals surface area contributed by atoms with E-state index in [-0.39, 0.29) is 11.1 Å². The van der Waals surface area contributed by atoms with E-state index in [2.05, 4.69) is 15.3 Å². The number of piperidine rings is 1. The van der Waals surface area contributed by atoms with Crippen molar-refractivity contribution >= 4 is 23.3 Å². The lowest BCUT2D eigenvalue weighted by molar-refractivity contribution is 0.0372. The van der Waals surface area contributed by atoms with Gasteiger partial charge in [0.25, 0.3) is 5.91 Å². The fourth-order valence-electron chi connectivity index (χ4n) is 3.22. The number of nitrogen functional groups attached to an aromatic ring is 1. The van der Waals surface area contributed by atoms with E-state index in [1.165, 1.54) is 19.3 Å².